The smallest absolute Gasteiger partial charge is 0.308 e. The molecule has 0 aromatic carbocycles. The summed E-state index contributed by atoms with van der Waals surface area (Å²) in [7, 11) is 1.41. The highest BCUT2D eigenvalue weighted by Crippen LogP contribution is 2.30. The topological polar surface area (TPSA) is 178 Å². The Hall–Kier alpha value is -2.81. The van der Waals surface area contributed by atoms with E-state index in [1.54, 1.807) is 0 Å². The second-order valence-electron chi connectivity index (χ2n) is 27.8. The number of ether oxygens (including phenoxy) is 5. The molecule has 0 aliphatic heterocycles. The Balaban J connectivity index is 0.00000187. The van der Waals surface area contributed by atoms with E-state index in [0.717, 1.165) is 212 Å². The number of carbonyl (C=O) groups is 5. The van der Waals surface area contributed by atoms with Gasteiger partial charge in [0.2, 0.25) is 0 Å². The summed E-state index contributed by atoms with van der Waals surface area (Å²) in [4.78, 5) is 64.9. The predicted molar refractivity (Wildman–Crippen MR) is 385 cm³/mol. The standard InChI is InChI=1S/C44H85NO7.C35H67NO5/c1-5-7-9-11-14-23-31-41(32-24-15-12-10-8-6-2)52-44(49)40(3)30-22-17-20-28-36-45(37-38-46)35-27-19-13-16-26-34-43(48)51-39-29-21-18-25-33-42(47)50-4;1-3-5-7-13-19-31-40-34(38)21-15-11-9-8-10-12-17-27-36(29-30-37)28-18-14-16-22-35(39)41-33-25-23-32(24-26-33)20-6-4-2/h40-41,46H,5-39H2,1-4H3;32-33,37H,3-31H2,1-2H3. The maximum absolute atomic E-state index is 13.0. The third-order valence-corrected chi connectivity index (χ3v) is 19.0. The number of methoxy groups -OCH3 is 1. The zero-order valence-corrected chi connectivity index (χ0v) is 61.9. The lowest BCUT2D eigenvalue weighted by Crippen LogP contribution is -2.29. The molecule has 1 saturated carbocycles. The van der Waals surface area contributed by atoms with Crippen LogP contribution in [0.4, 0.5) is 0 Å². The molecule has 1 aliphatic carbocycles. The molecule has 14 heteroatoms. The fraction of sp³-hybridized carbons (Fsp3) is 0.937. The summed E-state index contributed by atoms with van der Waals surface area (Å²) in [5.74, 6) is 0.502. The van der Waals surface area contributed by atoms with E-state index in [9.17, 15) is 34.2 Å². The Kier molecular flexibility index (Phi) is 68.4. The number of aliphatic hydroxyl groups excluding tert-OH is 2. The summed E-state index contributed by atoms with van der Waals surface area (Å²) < 4.78 is 27.2. The van der Waals surface area contributed by atoms with Crippen molar-refractivity contribution < 1.29 is 57.9 Å². The van der Waals surface area contributed by atoms with Gasteiger partial charge in [0.1, 0.15) is 12.2 Å². The summed E-state index contributed by atoms with van der Waals surface area (Å²) in [6.07, 6.45) is 59.2. The quantitative estimate of drug-likeness (QED) is 0.0334. The third kappa shape index (κ3) is 62.5. The molecule has 0 bridgehead atoms. The average Bonchev–Trinajstić information content (AvgIpc) is 3.59. The minimum absolute atomic E-state index is 0.00724. The fourth-order valence-corrected chi connectivity index (χ4v) is 12.8. The lowest BCUT2D eigenvalue weighted by atomic mass is 9.84. The molecule has 93 heavy (non-hydrogen) atoms. The molecule has 1 fully saturated rings. The van der Waals surface area contributed by atoms with Crippen molar-refractivity contribution in [3.63, 3.8) is 0 Å². The number of nitrogens with zero attached hydrogens (tertiary/aromatic N) is 2. The van der Waals surface area contributed by atoms with Crippen LogP contribution >= 0.6 is 0 Å². The molecule has 1 atom stereocenters. The first-order chi connectivity index (χ1) is 45.5. The lowest BCUT2D eigenvalue weighted by molar-refractivity contribution is -0.155. The zero-order valence-electron chi connectivity index (χ0n) is 61.9. The molecule has 0 heterocycles. The van der Waals surface area contributed by atoms with Gasteiger partial charge in [0.25, 0.3) is 0 Å². The molecular formula is C79H152N2O12. The van der Waals surface area contributed by atoms with Gasteiger partial charge in [-0.15, -0.1) is 0 Å². The molecule has 0 aromatic heterocycles. The van der Waals surface area contributed by atoms with Crippen LogP contribution in [0.5, 0.6) is 0 Å². The number of unbranched alkanes of at least 4 members (excludes halogenated alkanes) is 33. The van der Waals surface area contributed by atoms with E-state index in [0.29, 0.717) is 38.9 Å². The van der Waals surface area contributed by atoms with Gasteiger partial charge in [-0.2, -0.15) is 0 Å². The van der Waals surface area contributed by atoms with Gasteiger partial charge in [0.05, 0.1) is 39.5 Å². The van der Waals surface area contributed by atoms with Crippen molar-refractivity contribution in [1.82, 2.24) is 9.80 Å². The van der Waals surface area contributed by atoms with E-state index < -0.39 is 0 Å². The molecular weight excluding hydrogens is 1170 g/mol. The van der Waals surface area contributed by atoms with E-state index in [4.69, 9.17) is 18.9 Å². The lowest BCUT2D eigenvalue weighted by Gasteiger charge is -2.28. The fourth-order valence-electron chi connectivity index (χ4n) is 12.8. The second-order valence-corrected chi connectivity index (χ2v) is 27.8. The van der Waals surface area contributed by atoms with Crippen molar-refractivity contribution in [2.24, 2.45) is 11.8 Å². The number of carbonyl (C=O) groups excluding carboxylic acids is 5. The highest BCUT2D eigenvalue weighted by Gasteiger charge is 2.24. The third-order valence-electron chi connectivity index (χ3n) is 19.0. The van der Waals surface area contributed by atoms with Gasteiger partial charge >= 0.3 is 29.8 Å². The van der Waals surface area contributed by atoms with Crippen LogP contribution < -0.4 is 0 Å². The van der Waals surface area contributed by atoms with Gasteiger partial charge in [-0.1, -0.05) is 234 Å². The highest BCUT2D eigenvalue weighted by atomic mass is 16.6. The molecule has 14 nitrogen and oxygen atoms in total. The van der Waals surface area contributed by atoms with Crippen LogP contribution in [0.15, 0.2) is 0 Å². The van der Waals surface area contributed by atoms with Crippen LogP contribution in [0.25, 0.3) is 0 Å². The summed E-state index contributed by atoms with van der Waals surface area (Å²) in [5, 5.41) is 19.0. The number of rotatable bonds is 68. The van der Waals surface area contributed by atoms with Crippen LogP contribution in [-0.4, -0.2) is 135 Å². The molecule has 0 radical (unpaired) electrons. The van der Waals surface area contributed by atoms with Crippen LogP contribution in [0.1, 0.15) is 381 Å². The van der Waals surface area contributed by atoms with Crippen molar-refractivity contribution in [2.75, 3.05) is 72.8 Å². The Morgan fingerprint density at radius 1 is 0.376 bits per heavy atom. The van der Waals surface area contributed by atoms with Gasteiger partial charge in [-0.25, -0.2) is 0 Å². The van der Waals surface area contributed by atoms with Crippen LogP contribution in [-0.2, 0) is 47.7 Å². The SMILES string of the molecule is CCCCCCCCC(CCCCCCCC)OC(=O)C(C)CCCCCCN(CCO)CCCCCCCC(=O)OCCCCCCC(=O)OC.CCCCCCCOC(=O)CCCCCCCCCN(CCO)CCCCCC(=O)OC1CCC(CCCC)CC1. The average molecular weight is 1320 g/mol. The van der Waals surface area contributed by atoms with Gasteiger partial charge in [-0.05, 0) is 154 Å². The highest BCUT2D eigenvalue weighted by molar-refractivity contribution is 5.72. The Labute approximate surface area is 573 Å². The molecule has 2 N–H and O–H groups in total. The van der Waals surface area contributed by atoms with E-state index in [1.165, 1.54) is 161 Å². The Morgan fingerprint density at radius 3 is 1.11 bits per heavy atom. The van der Waals surface area contributed by atoms with Gasteiger partial charge in [0, 0.05) is 38.8 Å². The minimum atomic E-state index is -0.168. The Bertz CT molecular complexity index is 1630. The van der Waals surface area contributed by atoms with Crippen molar-refractivity contribution in [3.05, 3.63) is 0 Å². The molecule has 0 spiro atoms. The van der Waals surface area contributed by atoms with Crippen LogP contribution in [0, 0.1) is 11.8 Å². The monoisotopic (exact) mass is 1320 g/mol. The summed E-state index contributed by atoms with van der Waals surface area (Å²) in [5.41, 5.74) is 0. The van der Waals surface area contributed by atoms with Crippen molar-refractivity contribution in [2.45, 2.75) is 394 Å². The van der Waals surface area contributed by atoms with Gasteiger partial charge in [0.15, 0.2) is 0 Å². The number of esters is 5. The first kappa shape index (κ1) is 90.2. The summed E-state index contributed by atoms with van der Waals surface area (Å²) in [6, 6.07) is 0. The molecule has 550 valence electrons. The van der Waals surface area contributed by atoms with Crippen molar-refractivity contribution >= 4 is 29.8 Å². The van der Waals surface area contributed by atoms with E-state index in [1.807, 2.05) is 6.92 Å². The number of hydrogen-bond donors (Lipinski definition) is 2. The van der Waals surface area contributed by atoms with E-state index >= 15 is 0 Å². The van der Waals surface area contributed by atoms with Gasteiger partial charge < -0.3 is 43.7 Å². The maximum Gasteiger partial charge on any atom is 0.308 e. The van der Waals surface area contributed by atoms with E-state index in [2.05, 4.69) is 42.2 Å². The molecule has 1 aliphatic rings. The normalized spacial score (nSPS) is 14.3. The summed E-state index contributed by atoms with van der Waals surface area (Å²) >= 11 is 0. The Morgan fingerprint density at radius 2 is 0.710 bits per heavy atom. The van der Waals surface area contributed by atoms with Crippen molar-refractivity contribution in [1.29, 1.82) is 0 Å². The first-order valence-corrected chi connectivity index (χ1v) is 39.9. The number of hydrogen-bond acceptors (Lipinski definition) is 14. The second kappa shape index (κ2) is 70.5. The molecule has 0 aromatic rings. The molecule has 0 amide bonds. The first-order valence-electron chi connectivity index (χ1n) is 39.9. The molecule has 1 rings (SSSR count). The van der Waals surface area contributed by atoms with Crippen molar-refractivity contribution in [3.8, 4) is 0 Å². The van der Waals surface area contributed by atoms with E-state index in [-0.39, 0.29) is 61.2 Å². The largest absolute Gasteiger partial charge is 0.469 e. The number of aliphatic hydroxyl groups is 2. The zero-order chi connectivity index (χ0) is 68.1. The maximum atomic E-state index is 13.0. The van der Waals surface area contributed by atoms with Crippen LogP contribution in [0.3, 0.4) is 0 Å². The predicted octanol–water partition coefficient (Wildman–Crippen LogP) is 20.1. The summed E-state index contributed by atoms with van der Waals surface area (Å²) in [6.45, 7) is 18.0. The van der Waals surface area contributed by atoms with Crippen LogP contribution in [0.2, 0.25) is 0 Å². The molecule has 0 saturated heterocycles. The van der Waals surface area contributed by atoms with Gasteiger partial charge in [-0.3, -0.25) is 24.0 Å². The minimum Gasteiger partial charge on any atom is -0.469 e. The molecule has 1 unspecified atom stereocenters.